The molecule has 0 aliphatic rings. The van der Waals surface area contributed by atoms with Crippen LogP contribution in [0.5, 0.6) is 5.75 Å². The number of carbonyl (C=O) groups is 1. The van der Waals surface area contributed by atoms with Gasteiger partial charge in [0.1, 0.15) is 5.75 Å². The molecule has 0 radical (unpaired) electrons. The Balaban J connectivity index is 2.16. The number of benzene rings is 2. The smallest absolute Gasteiger partial charge is 0.255 e. The number of nitrogens with two attached hydrogens (primary N) is 1. The predicted molar refractivity (Wildman–Crippen MR) is 74.8 cm³/mol. The lowest BCUT2D eigenvalue weighted by molar-refractivity contribution is 0.0937. The zero-order valence-electron chi connectivity index (χ0n) is 10.6. The summed E-state index contributed by atoms with van der Waals surface area (Å²) in [6.45, 7) is 1.85. The first-order valence-corrected chi connectivity index (χ1v) is 6.03. The molecule has 0 saturated carbocycles. The van der Waals surface area contributed by atoms with Crippen molar-refractivity contribution in [2.45, 2.75) is 13.0 Å². The van der Waals surface area contributed by atoms with Gasteiger partial charge in [-0.05, 0) is 30.7 Å². The average Bonchev–Trinajstić information content (AvgIpc) is 2.39. The monoisotopic (exact) mass is 256 g/mol. The number of hydrogen-bond donors (Lipinski definition) is 3. The number of rotatable bonds is 3. The molecule has 98 valence electrons. The first-order valence-electron chi connectivity index (χ1n) is 6.03. The van der Waals surface area contributed by atoms with E-state index in [2.05, 4.69) is 5.32 Å². The van der Waals surface area contributed by atoms with E-state index in [1.54, 1.807) is 24.3 Å². The first-order chi connectivity index (χ1) is 9.09. The fourth-order valence-corrected chi connectivity index (χ4v) is 1.92. The second-order valence-electron chi connectivity index (χ2n) is 4.34. The van der Waals surface area contributed by atoms with Crippen LogP contribution < -0.4 is 11.1 Å². The molecule has 2 aromatic rings. The van der Waals surface area contributed by atoms with Crippen molar-refractivity contribution in [3.63, 3.8) is 0 Å². The highest BCUT2D eigenvalue weighted by Crippen LogP contribution is 2.21. The molecule has 0 heterocycles. The molecular formula is C15H16N2O2. The second-order valence-corrected chi connectivity index (χ2v) is 4.34. The number of carbonyl (C=O) groups excluding carboxylic acids is 1. The van der Waals surface area contributed by atoms with Crippen LogP contribution in [0.1, 0.15) is 28.9 Å². The van der Waals surface area contributed by atoms with Gasteiger partial charge in [0.05, 0.1) is 11.6 Å². The molecule has 4 nitrogen and oxygen atoms in total. The highest BCUT2D eigenvalue weighted by Gasteiger charge is 2.15. The van der Waals surface area contributed by atoms with Gasteiger partial charge in [-0.15, -0.1) is 0 Å². The van der Waals surface area contributed by atoms with Gasteiger partial charge in [0, 0.05) is 5.69 Å². The Morgan fingerprint density at radius 3 is 2.47 bits per heavy atom. The van der Waals surface area contributed by atoms with Gasteiger partial charge in [-0.3, -0.25) is 4.79 Å². The van der Waals surface area contributed by atoms with Crippen molar-refractivity contribution >= 4 is 11.6 Å². The second kappa shape index (κ2) is 5.44. The summed E-state index contributed by atoms with van der Waals surface area (Å²) in [5, 5.41) is 12.4. The summed E-state index contributed by atoms with van der Waals surface area (Å²) < 4.78 is 0. The Kier molecular flexibility index (Phi) is 3.71. The number of aromatic hydroxyl groups is 1. The Hall–Kier alpha value is -2.49. The maximum Gasteiger partial charge on any atom is 0.255 e. The molecule has 0 spiro atoms. The van der Waals surface area contributed by atoms with Crippen LogP contribution in [-0.4, -0.2) is 11.0 Å². The van der Waals surface area contributed by atoms with Crippen molar-refractivity contribution in [1.29, 1.82) is 0 Å². The minimum atomic E-state index is -0.325. The number of para-hydroxylation sites is 2. The van der Waals surface area contributed by atoms with Gasteiger partial charge in [-0.1, -0.05) is 30.3 Å². The Morgan fingerprint density at radius 1 is 1.16 bits per heavy atom. The van der Waals surface area contributed by atoms with E-state index in [9.17, 15) is 9.90 Å². The van der Waals surface area contributed by atoms with Gasteiger partial charge < -0.3 is 16.2 Å². The van der Waals surface area contributed by atoms with Crippen LogP contribution in [0.3, 0.4) is 0 Å². The summed E-state index contributed by atoms with van der Waals surface area (Å²) in [4.78, 5) is 12.0. The van der Waals surface area contributed by atoms with Crippen molar-refractivity contribution in [3.8, 4) is 5.75 Å². The molecule has 1 atom stereocenters. The fourth-order valence-electron chi connectivity index (χ4n) is 1.92. The minimum absolute atomic E-state index is 0.0340. The van der Waals surface area contributed by atoms with Crippen LogP contribution in [0.25, 0.3) is 0 Å². The molecule has 0 saturated heterocycles. The molecule has 1 unspecified atom stereocenters. The fraction of sp³-hybridized carbons (Fsp3) is 0.133. The molecule has 2 aromatic carbocycles. The molecule has 0 aromatic heterocycles. The van der Waals surface area contributed by atoms with E-state index in [4.69, 9.17) is 5.73 Å². The van der Waals surface area contributed by atoms with Gasteiger partial charge in [0.25, 0.3) is 5.91 Å². The quantitative estimate of drug-likeness (QED) is 0.738. The van der Waals surface area contributed by atoms with E-state index >= 15 is 0 Å². The van der Waals surface area contributed by atoms with E-state index < -0.39 is 0 Å². The number of anilines is 1. The number of nitrogens with one attached hydrogen (secondary N) is 1. The normalized spacial score (nSPS) is 11.8. The predicted octanol–water partition coefficient (Wildman–Crippen LogP) is 2.47. The molecule has 4 N–H and O–H groups in total. The van der Waals surface area contributed by atoms with Crippen molar-refractivity contribution in [1.82, 2.24) is 5.32 Å². The molecule has 0 bridgehead atoms. The van der Waals surface area contributed by atoms with Gasteiger partial charge >= 0.3 is 0 Å². The third-order valence-electron chi connectivity index (χ3n) is 2.96. The topological polar surface area (TPSA) is 75.3 Å². The Morgan fingerprint density at radius 2 is 1.79 bits per heavy atom. The van der Waals surface area contributed by atoms with Crippen molar-refractivity contribution in [3.05, 3.63) is 59.7 Å². The van der Waals surface area contributed by atoms with E-state index in [0.29, 0.717) is 5.69 Å². The summed E-state index contributed by atoms with van der Waals surface area (Å²) in [5.74, 6) is -0.359. The molecular weight excluding hydrogens is 240 g/mol. The lowest BCUT2D eigenvalue weighted by Crippen LogP contribution is -2.27. The van der Waals surface area contributed by atoms with Gasteiger partial charge in [0.2, 0.25) is 0 Å². The molecule has 0 aliphatic carbocycles. The number of hydrogen-bond acceptors (Lipinski definition) is 3. The highest BCUT2D eigenvalue weighted by atomic mass is 16.3. The third kappa shape index (κ3) is 2.85. The summed E-state index contributed by atoms with van der Waals surface area (Å²) >= 11 is 0. The molecule has 2 rings (SSSR count). The summed E-state index contributed by atoms with van der Waals surface area (Å²) in [6, 6.07) is 13.6. The van der Waals surface area contributed by atoms with Crippen LogP contribution >= 0.6 is 0 Å². The molecule has 4 heteroatoms. The van der Waals surface area contributed by atoms with Crippen LogP contribution in [0.2, 0.25) is 0 Å². The van der Waals surface area contributed by atoms with E-state index in [-0.39, 0.29) is 23.3 Å². The van der Waals surface area contributed by atoms with E-state index in [0.717, 1.165) is 5.56 Å². The molecule has 0 fully saturated rings. The zero-order valence-corrected chi connectivity index (χ0v) is 10.6. The van der Waals surface area contributed by atoms with Gasteiger partial charge in [-0.25, -0.2) is 0 Å². The highest BCUT2D eigenvalue weighted by molar-refractivity contribution is 5.97. The largest absolute Gasteiger partial charge is 0.507 e. The maximum absolute atomic E-state index is 12.0. The summed E-state index contributed by atoms with van der Waals surface area (Å²) in [6.07, 6.45) is 0. The van der Waals surface area contributed by atoms with Crippen LogP contribution in [0.15, 0.2) is 48.5 Å². The molecule has 0 aliphatic heterocycles. The Labute approximate surface area is 111 Å². The van der Waals surface area contributed by atoms with Gasteiger partial charge in [0.15, 0.2) is 0 Å². The van der Waals surface area contributed by atoms with Crippen molar-refractivity contribution in [2.24, 2.45) is 0 Å². The van der Waals surface area contributed by atoms with Crippen molar-refractivity contribution < 1.29 is 9.90 Å². The number of phenols is 1. The van der Waals surface area contributed by atoms with Crippen LogP contribution in [0.4, 0.5) is 5.69 Å². The standard InChI is InChI=1S/C15H16N2O2/c1-10(11-6-2-4-8-13(11)16)17-15(19)12-7-3-5-9-14(12)18/h2-10,18H,16H2,1H3,(H,17,19). The van der Waals surface area contributed by atoms with Crippen molar-refractivity contribution in [2.75, 3.05) is 5.73 Å². The molecule has 19 heavy (non-hydrogen) atoms. The van der Waals surface area contributed by atoms with Crippen LogP contribution in [-0.2, 0) is 0 Å². The third-order valence-corrected chi connectivity index (χ3v) is 2.96. The van der Waals surface area contributed by atoms with E-state index in [1.807, 2.05) is 25.1 Å². The summed E-state index contributed by atoms with van der Waals surface area (Å²) in [5.41, 5.74) is 7.60. The number of amides is 1. The summed E-state index contributed by atoms with van der Waals surface area (Å²) in [7, 11) is 0. The van der Waals surface area contributed by atoms with Gasteiger partial charge in [-0.2, -0.15) is 0 Å². The lowest BCUT2D eigenvalue weighted by atomic mass is 10.1. The zero-order chi connectivity index (χ0) is 13.8. The minimum Gasteiger partial charge on any atom is -0.507 e. The first kappa shape index (κ1) is 13.0. The Bertz CT molecular complexity index is 596. The number of nitrogen functional groups attached to an aromatic ring is 1. The van der Waals surface area contributed by atoms with Crippen LogP contribution in [0, 0.1) is 0 Å². The SMILES string of the molecule is CC(NC(=O)c1ccccc1O)c1ccccc1N. The van der Waals surface area contributed by atoms with E-state index in [1.165, 1.54) is 6.07 Å². The number of phenolic OH excluding ortho intramolecular Hbond substituents is 1. The average molecular weight is 256 g/mol. The maximum atomic E-state index is 12.0. The lowest BCUT2D eigenvalue weighted by Gasteiger charge is -2.16. The molecule has 1 amide bonds.